The Morgan fingerprint density at radius 2 is 1.81 bits per heavy atom. The number of anilines is 1. The number of nitrogens with one attached hydrogen (secondary N) is 1. The van der Waals surface area contributed by atoms with E-state index < -0.39 is 0 Å². The second-order valence-corrected chi connectivity index (χ2v) is 7.62. The summed E-state index contributed by atoms with van der Waals surface area (Å²) in [7, 11) is 0. The Hall–Kier alpha value is -1.97. The molecule has 0 spiro atoms. The van der Waals surface area contributed by atoms with Gasteiger partial charge in [0.1, 0.15) is 12.4 Å². The third-order valence-corrected chi connectivity index (χ3v) is 5.11. The highest BCUT2D eigenvalue weighted by Crippen LogP contribution is 2.26. The van der Waals surface area contributed by atoms with Gasteiger partial charge in [0.15, 0.2) is 0 Å². The molecule has 0 bridgehead atoms. The number of hydrogen-bond donors (Lipinski definition) is 1. The van der Waals surface area contributed by atoms with Crippen molar-refractivity contribution in [2.75, 3.05) is 5.32 Å². The molecule has 3 rings (SSSR count). The Morgan fingerprint density at radius 3 is 2.62 bits per heavy atom. The van der Waals surface area contributed by atoms with Crippen molar-refractivity contribution in [3.8, 4) is 5.75 Å². The summed E-state index contributed by atoms with van der Waals surface area (Å²) in [6, 6.07) is 20.1. The van der Waals surface area contributed by atoms with Gasteiger partial charge in [-0.25, -0.2) is 0 Å². The van der Waals surface area contributed by atoms with Crippen molar-refractivity contribution in [1.29, 1.82) is 0 Å². The van der Waals surface area contributed by atoms with E-state index in [0.717, 1.165) is 32.1 Å². The third kappa shape index (κ3) is 4.80. The van der Waals surface area contributed by atoms with Gasteiger partial charge in [-0.2, -0.15) is 0 Å². The molecule has 26 heavy (non-hydrogen) atoms. The average Bonchev–Trinajstić information content (AvgIpc) is 2.62. The van der Waals surface area contributed by atoms with Crippen molar-refractivity contribution in [3.05, 3.63) is 92.4 Å². The number of benzene rings is 3. The van der Waals surface area contributed by atoms with Crippen LogP contribution in [0.15, 0.2) is 65.1 Å². The Balaban J connectivity index is 1.74. The van der Waals surface area contributed by atoms with Crippen LogP contribution < -0.4 is 10.1 Å². The first-order chi connectivity index (χ1) is 12.5. The van der Waals surface area contributed by atoms with Crippen molar-refractivity contribution >= 4 is 33.2 Å². The lowest BCUT2D eigenvalue weighted by atomic mass is 10.1. The molecule has 4 heteroatoms. The number of ether oxygens (including phenoxy) is 1. The van der Waals surface area contributed by atoms with Gasteiger partial charge in [0.05, 0.1) is 0 Å². The lowest BCUT2D eigenvalue weighted by molar-refractivity contribution is 0.303. The Labute approximate surface area is 168 Å². The summed E-state index contributed by atoms with van der Waals surface area (Å²) in [5, 5.41) is 4.24. The SMILES string of the molecule is Cc1cccc(NCc2cc(Br)ccc2OCc2cccc(Cl)c2)c1C. The van der Waals surface area contributed by atoms with Crippen molar-refractivity contribution in [3.63, 3.8) is 0 Å². The van der Waals surface area contributed by atoms with E-state index in [9.17, 15) is 0 Å². The summed E-state index contributed by atoms with van der Waals surface area (Å²) in [4.78, 5) is 0. The fourth-order valence-electron chi connectivity index (χ4n) is 2.75. The van der Waals surface area contributed by atoms with E-state index in [1.807, 2.05) is 36.4 Å². The van der Waals surface area contributed by atoms with Gasteiger partial charge in [-0.15, -0.1) is 0 Å². The lowest BCUT2D eigenvalue weighted by Gasteiger charge is -2.15. The highest BCUT2D eigenvalue weighted by Gasteiger charge is 2.07. The zero-order valence-electron chi connectivity index (χ0n) is 14.9. The first kappa shape index (κ1) is 18.8. The highest BCUT2D eigenvalue weighted by molar-refractivity contribution is 9.10. The van der Waals surface area contributed by atoms with E-state index in [2.05, 4.69) is 59.4 Å². The molecule has 0 fully saturated rings. The Bertz CT molecular complexity index is 910. The van der Waals surface area contributed by atoms with Gasteiger partial charge in [0.2, 0.25) is 0 Å². The number of aryl methyl sites for hydroxylation is 1. The molecule has 0 aromatic heterocycles. The predicted molar refractivity (Wildman–Crippen MR) is 113 cm³/mol. The average molecular weight is 431 g/mol. The van der Waals surface area contributed by atoms with Crippen LogP contribution in [0.4, 0.5) is 5.69 Å². The smallest absolute Gasteiger partial charge is 0.124 e. The molecule has 0 aliphatic rings. The first-order valence-electron chi connectivity index (χ1n) is 8.48. The topological polar surface area (TPSA) is 21.3 Å². The summed E-state index contributed by atoms with van der Waals surface area (Å²) in [5.74, 6) is 0.867. The molecule has 0 saturated heterocycles. The van der Waals surface area contributed by atoms with E-state index in [4.69, 9.17) is 16.3 Å². The minimum Gasteiger partial charge on any atom is -0.489 e. The summed E-state index contributed by atoms with van der Waals surface area (Å²) in [6.45, 7) is 5.43. The normalized spacial score (nSPS) is 10.6. The largest absolute Gasteiger partial charge is 0.489 e. The minimum atomic E-state index is 0.485. The summed E-state index contributed by atoms with van der Waals surface area (Å²) in [5.41, 5.74) is 5.84. The molecule has 3 aromatic carbocycles. The molecule has 3 aromatic rings. The van der Waals surface area contributed by atoms with Crippen LogP contribution in [0.2, 0.25) is 5.02 Å². The first-order valence-corrected chi connectivity index (χ1v) is 9.66. The zero-order valence-corrected chi connectivity index (χ0v) is 17.2. The molecule has 0 aliphatic heterocycles. The fourth-order valence-corrected chi connectivity index (χ4v) is 3.37. The monoisotopic (exact) mass is 429 g/mol. The van der Waals surface area contributed by atoms with Crippen molar-refractivity contribution in [1.82, 2.24) is 0 Å². The maximum atomic E-state index is 6.06. The van der Waals surface area contributed by atoms with E-state index in [0.29, 0.717) is 13.2 Å². The summed E-state index contributed by atoms with van der Waals surface area (Å²) in [6.07, 6.45) is 0. The fraction of sp³-hybridized carbons (Fsp3) is 0.182. The Morgan fingerprint density at radius 1 is 1.00 bits per heavy atom. The molecular weight excluding hydrogens is 410 g/mol. The van der Waals surface area contributed by atoms with Gasteiger partial charge in [0.25, 0.3) is 0 Å². The summed E-state index contributed by atoms with van der Waals surface area (Å²) < 4.78 is 7.09. The second kappa shape index (κ2) is 8.61. The molecule has 1 N–H and O–H groups in total. The van der Waals surface area contributed by atoms with Crippen molar-refractivity contribution < 1.29 is 4.74 Å². The molecule has 0 unspecified atom stereocenters. The predicted octanol–water partition coefficient (Wildman–Crippen LogP) is 6.91. The zero-order chi connectivity index (χ0) is 18.5. The summed E-state index contributed by atoms with van der Waals surface area (Å²) >= 11 is 9.61. The standard InChI is InChI=1S/C22H21BrClNO/c1-15-5-3-8-21(16(15)2)25-13-18-12-19(23)9-10-22(18)26-14-17-6-4-7-20(24)11-17/h3-12,25H,13-14H2,1-2H3. The van der Waals surface area contributed by atoms with Gasteiger partial charge in [-0.3, -0.25) is 0 Å². The van der Waals surface area contributed by atoms with Gasteiger partial charge >= 0.3 is 0 Å². The maximum absolute atomic E-state index is 6.06. The number of hydrogen-bond acceptors (Lipinski definition) is 2. The van der Waals surface area contributed by atoms with E-state index >= 15 is 0 Å². The van der Waals surface area contributed by atoms with E-state index in [-0.39, 0.29) is 0 Å². The second-order valence-electron chi connectivity index (χ2n) is 6.27. The molecule has 0 radical (unpaired) electrons. The molecule has 0 heterocycles. The lowest BCUT2D eigenvalue weighted by Crippen LogP contribution is -2.05. The molecule has 0 aliphatic carbocycles. The van der Waals surface area contributed by atoms with Crippen LogP contribution in [0.3, 0.4) is 0 Å². The number of halogens is 2. The van der Waals surface area contributed by atoms with E-state index in [1.165, 1.54) is 11.1 Å². The third-order valence-electron chi connectivity index (χ3n) is 4.38. The molecule has 0 saturated carbocycles. The van der Waals surface area contributed by atoms with Crippen molar-refractivity contribution in [2.24, 2.45) is 0 Å². The van der Waals surface area contributed by atoms with Gasteiger partial charge < -0.3 is 10.1 Å². The van der Waals surface area contributed by atoms with E-state index in [1.54, 1.807) is 0 Å². The molecule has 0 atom stereocenters. The maximum Gasteiger partial charge on any atom is 0.124 e. The van der Waals surface area contributed by atoms with Crippen LogP contribution in [0.1, 0.15) is 22.3 Å². The Kier molecular flexibility index (Phi) is 6.23. The van der Waals surface area contributed by atoms with Crippen LogP contribution >= 0.6 is 27.5 Å². The quantitative estimate of drug-likeness (QED) is 0.458. The van der Waals surface area contributed by atoms with Crippen LogP contribution in [-0.2, 0) is 13.2 Å². The van der Waals surface area contributed by atoms with Crippen LogP contribution in [0, 0.1) is 13.8 Å². The van der Waals surface area contributed by atoms with Crippen LogP contribution in [0.5, 0.6) is 5.75 Å². The molecule has 2 nitrogen and oxygen atoms in total. The van der Waals surface area contributed by atoms with Gasteiger partial charge in [0, 0.05) is 27.3 Å². The minimum absolute atomic E-state index is 0.485. The van der Waals surface area contributed by atoms with Gasteiger partial charge in [-0.1, -0.05) is 51.8 Å². The highest BCUT2D eigenvalue weighted by atomic mass is 79.9. The molecule has 134 valence electrons. The van der Waals surface area contributed by atoms with Crippen LogP contribution in [-0.4, -0.2) is 0 Å². The molecular formula is C22H21BrClNO. The molecule has 0 amide bonds. The van der Waals surface area contributed by atoms with Crippen molar-refractivity contribution in [2.45, 2.75) is 27.0 Å². The number of rotatable bonds is 6. The van der Waals surface area contributed by atoms with Gasteiger partial charge in [-0.05, 0) is 66.9 Å². The van der Waals surface area contributed by atoms with Crippen LogP contribution in [0.25, 0.3) is 0 Å².